The molecule has 1 aromatic rings. The van der Waals surface area contributed by atoms with Crippen molar-refractivity contribution in [3.05, 3.63) is 60.0 Å². The second-order valence-electron chi connectivity index (χ2n) is 4.69. The average Bonchev–Trinajstić information content (AvgIpc) is 2.87. The molecule has 0 unspecified atom stereocenters. The first kappa shape index (κ1) is 15.4. The van der Waals surface area contributed by atoms with Gasteiger partial charge in [-0.2, -0.15) is 10.5 Å². The summed E-state index contributed by atoms with van der Waals surface area (Å²) >= 11 is 0. The monoisotopic (exact) mass is 290 g/mol. The highest BCUT2D eigenvalue weighted by Gasteiger charge is 2.28. The van der Waals surface area contributed by atoms with Gasteiger partial charge in [-0.05, 0) is 38.1 Å². The first-order valence-electron chi connectivity index (χ1n) is 7.29. The summed E-state index contributed by atoms with van der Waals surface area (Å²) in [5.74, 6) is 1.10. The molecule has 1 aromatic carbocycles. The smallest absolute Gasteiger partial charge is 0.129 e. The summed E-state index contributed by atoms with van der Waals surface area (Å²) in [4.78, 5) is 4.50. The van der Waals surface area contributed by atoms with Crippen molar-refractivity contribution in [2.24, 2.45) is 0 Å². The van der Waals surface area contributed by atoms with E-state index in [0.29, 0.717) is 0 Å². The molecule has 0 aliphatic carbocycles. The lowest BCUT2D eigenvalue weighted by molar-refractivity contribution is 0.899. The minimum Gasteiger partial charge on any atom is -0.326 e. The Kier molecular flexibility index (Phi) is 5.01. The fraction of sp³-hybridized carbons (Fsp3) is 0.222. The van der Waals surface area contributed by atoms with Crippen molar-refractivity contribution in [3.8, 4) is 12.1 Å². The van der Waals surface area contributed by atoms with Crippen molar-refractivity contribution in [3.63, 3.8) is 0 Å². The van der Waals surface area contributed by atoms with Crippen molar-refractivity contribution in [1.82, 2.24) is 0 Å². The Hall–Kier alpha value is -2.98. The van der Waals surface area contributed by atoms with Crippen LogP contribution in [0.3, 0.4) is 0 Å². The summed E-state index contributed by atoms with van der Waals surface area (Å²) < 4.78 is 0. The van der Waals surface area contributed by atoms with Crippen molar-refractivity contribution in [2.45, 2.75) is 13.8 Å². The molecule has 1 aliphatic rings. The van der Waals surface area contributed by atoms with E-state index in [-0.39, 0.29) is 5.57 Å². The number of rotatable bonds is 4. The Morgan fingerprint density at radius 3 is 2.00 bits per heavy atom. The summed E-state index contributed by atoms with van der Waals surface area (Å²) in [6, 6.07) is 12.0. The molecule has 0 aromatic heterocycles. The molecule has 0 saturated carbocycles. The number of para-hydroxylation sites is 2. The highest BCUT2D eigenvalue weighted by molar-refractivity contribution is 5.82. The number of nitriles is 2. The maximum absolute atomic E-state index is 8.71. The molecular formula is C18H18N4. The third-order valence-corrected chi connectivity index (χ3v) is 3.51. The lowest BCUT2D eigenvalue weighted by atomic mass is 10.2. The molecule has 0 atom stereocenters. The Morgan fingerprint density at radius 2 is 1.55 bits per heavy atom. The Labute approximate surface area is 131 Å². The van der Waals surface area contributed by atoms with Gasteiger partial charge in [-0.1, -0.05) is 24.3 Å². The van der Waals surface area contributed by atoms with Gasteiger partial charge in [-0.25, -0.2) is 0 Å². The predicted octanol–water partition coefficient (Wildman–Crippen LogP) is 3.72. The Bertz CT molecular complexity index is 664. The van der Waals surface area contributed by atoms with Gasteiger partial charge in [0.05, 0.1) is 11.4 Å². The van der Waals surface area contributed by atoms with E-state index < -0.39 is 0 Å². The molecule has 110 valence electrons. The van der Waals surface area contributed by atoms with Crippen molar-refractivity contribution >= 4 is 11.4 Å². The molecule has 22 heavy (non-hydrogen) atoms. The molecule has 4 heteroatoms. The normalized spacial score (nSPS) is 12.8. The van der Waals surface area contributed by atoms with E-state index in [0.717, 1.165) is 18.9 Å². The van der Waals surface area contributed by atoms with Crippen LogP contribution in [0.5, 0.6) is 0 Å². The van der Waals surface area contributed by atoms with Crippen LogP contribution in [-0.4, -0.2) is 13.1 Å². The highest BCUT2D eigenvalue weighted by Crippen LogP contribution is 2.40. The van der Waals surface area contributed by atoms with Gasteiger partial charge in [0.25, 0.3) is 0 Å². The minimum atomic E-state index is 0.101. The fourth-order valence-electron chi connectivity index (χ4n) is 2.55. The lowest BCUT2D eigenvalue weighted by Crippen LogP contribution is -2.27. The number of hydrogen-bond acceptors (Lipinski definition) is 4. The van der Waals surface area contributed by atoms with Crippen LogP contribution in [0.1, 0.15) is 13.8 Å². The molecule has 4 nitrogen and oxygen atoms in total. The second-order valence-corrected chi connectivity index (χ2v) is 4.69. The topological polar surface area (TPSA) is 54.1 Å². The largest absolute Gasteiger partial charge is 0.326 e. The van der Waals surface area contributed by atoms with E-state index in [4.69, 9.17) is 10.5 Å². The fourth-order valence-corrected chi connectivity index (χ4v) is 2.55. The summed E-state index contributed by atoms with van der Waals surface area (Å²) in [6.07, 6.45) is 7.11. The van der Waals surface area contributed by atoms with E-state index >= 15 is 0 Å². The third-order valence-electron chi connectivity index (χ3n) is 3.51. The molecule has 0 bridgehead atoms. The van der Waals surface area contributed by atoms with E-state index in [1.165, 1.54) is 17.5 Å². The number of nitrogens with zero attached hydrogens (tertiary/aromatic N) is 4. The van der Waals surface area contributed by atoms with Crippen LogP contribution in [0.25, 0.3) is 0 Å². The van der Waals surface area contributed by atoms with Crippen molar-refractivity contribution in [1.29, 1.82) is 10.5 Å². The van der Waals surface area contributed by atoms with Crippen LogP contribution in [0.15, 0.2) is 60.0 Å². The number of fused-ring (bicyclic) bond motifs is 1. The van der Waals surface area contributed by atoms with Gasteiger partial charge < -0.3 is 9.80 Å². The number of benzene rings is 1. The molecule has 0 saturated heterocycles. The quantitative estimate of drug-likeness (QED) is 0.626. The lowest BCUT2D eigenvalue weighted by Gasteiger charge is -2.23. The third kappa shape index (κ3) is 2.87. The van der Waals surface area contributed by atoms with Crippen LogP contribution in [-0.2, 0) is 0 Å². The van der Waals surface area contributed by atoms with Crippen LogP contribution in [0.2, 0.25) is 0 Å². The van der Waals surface area contributed by atoms with Crippen LogP contribution >= 0.6 is 0 Å². The minimum absolute atomic E-state index is 0.101. The van der Waals surface area contributed by atoms with Crippen LogP contribution in [0, 0.1) is 22.7 Å². The molecule has 1 heterocycles. The van der Waals surface area contributed by atoms with Gasteiger partial charge in [0.1, 0.15) is 23.5 Å². The molecule has 2 rings (SSSR count). The predicted molar refractivity (Wildman–Crippen MR) is 89.0 cm³/mol. The Morgan fingerprint density at radius 1 is 1.00 bits per heavy atom. The molecule has 0 amide bonds. The first-order chi connectivity index (χ1) is 10.8. The highest BCUT2D eigenvalue weighted by atomic mass is 15.4. The standard InChI is InChI=1S/C18H18N4/c1-3-21-16-10-6-7-11-17(16)22(4-2)18(21)12-8-5-9-15(13-19)14-20/h5-12H,3-4H2,1-2H3/b8-5+. The molecule has 0 radical (unpaired) electrons. The van der Waals surface area contributed by atoms with E-state index in [2.05, 4.69) is 35.8 Å². The van der Waals surface area contributed by atoms with E-state index in [1.807, 2.05) is 36.4 Å². The second kappa shape index (κ2) is 7.15. The molecule has 0 N–H and O–H groups in total. The number of allylic oxidation sites excluding steroid dienone is 5. The summed E-state index contributed by atoms with van der Waals surface area (Å²) in [6.45, 7) is 6.00. The van der Waals surface area contributed by atoms with Gasteiger partial charge in [-0.15, -0.1) is 0 Å². The SMILES string of the molecule is CCN1C(=C/C=C/C=C(C#N)C#N)N(CC)c2ccccc21. The molecule has 0 spiro atoms. The number of hydrogen-bond donors (Lipinski definition) is 0. The van der Waals surface area contributed by atoms with Gasteiger partial charge in [0.15, 0.2) is 0 Å². The maximum atomic E-state index is 8.71. The molecule has 0 fully saturated rings. The summed E-state index contributed by atoms with van der Waals surface area (Å²) in [5.41, 5.74) is 2.51. The van der Waals surface area contributed by atoms with Crippen molar-refractivity contribution < 1.29 is 0 Å². The Balaban J connectivity index is 2.33. The summed E-state index contributed by atoms with van der Waals surface area (Å²) in [7, 11) is 0. The van der Waals surface area contributed by atoms with Gasteiger partial charge in [0, 0.05) is 13.1 Å². The summed E-state index contributed by atoms with van der Waals surface area (Å²) in [5, 5.41) is 17.4. The van der Waals surface area contributed by atoms with Crippen molar-refractivity contribution in [2.75, 3.05) is 22.9 Å². The van der Waals surface area contributed by atoms with Gasteiger partial charge in [0.2, 0.25) is 0 Å². The average molecular weight is 290 g/mol. The van der Waals surface area contributed by atoms with E-state index in [9.17, 15) is 0 Å². The zero-order valence-corrected chi connectivity index (χ0v) is 12.8. The van der Waals surface area contributed by atoms with E-state index in [1.54, 1.807) is 6.08 Å². The number of anilines is 2. The molecule has 1 aliphatic heterocycles. The molecular weight excluding hydrogens is 272 g/mol. The van der Waals surface area contributed by atoms with Crippen LogP contribution < -0.4 is 9.80 Å². The zero-order chi connectivity index (χ0) is 15.9. The van der Waals surface area contributed by atoms with Crippen LogP contribution in [0.4, 0.5) is 11.4 Å². The van der Waals surface area contributed by atoms with Gasteiger partial charge in [-0.3, -0.25) is 0 Å². The van der Waals surface area contributed by atoms with Gasteiger partial charge >= 0.3 is 0 Å². The zero-order valence-electron chi connectivity index (χ0n) is 12.8. The maximum Gasteiger partial charge on any atom is 0.129 e. The first-order valence-corrected chi connectivity index (χ1v) is 7.29.